The van der Waals surface area contributed by atoms with Gasteiger partial charge in [0.2, 0.25) is 0 Å². The molecule has 0 aliphatic carbocycles. The standard InChI is InChI=1S/C13H12BrN3O/c14-9-4-5-12(15)11(7-9)13(18)17-8-10-3-1-2-6-16-10/h1-7H,8,15H2,(H,17,18). The summed E-state index contributed by atoms with van der Waals surface area (Å²) in [6.45, 7) is 0.381. The Morgan fingerprint density at radius 1 is 1.33 bits per heavy atom. The molecular formula is C13H12BrN3O. The number of hydrogen-bond donors (Lipinski definition) is 2. The minimum atomic E-state index is -0.209. The summed E-state index contributed by atoms with van der Waals surface area (Å²) in [6.07, 6.45) is 1.69. The molecule has 0 bridgehead atoms. The highest BCUT2D eigenvalue weighted by Gasteiger charge is 2.09. The van der Waals surface area contributed by atoms with E-state index in [0.717, 1.165) is 10.2 Å². The van der Waals surface area contributed by atoms with E-state index >= 15 is 0 Å². The van der Waals surface area contributed by atoms with Gasteiger partial charge < -0.3 is 11.1 Å². The predicted molar refractivity (Wildman–Crippen MR) is 74.0 cm³/mol. The maximum absolute atomic E-state index is 12.0. The number of nitrogens with one attached hydrogen (secondary N) is 1. The van der Waals surface area contributed by atoms with Crippen LogP contribution in [-0.4, -0.2) is 10.9 Å². The number of nitrogens with zero attached hydrogens (tertiary/aromatic N) is 1. The molecule has 0 fully saturated rings. The van der Waals surface area contributed by atoms with Crippen molar-refractivity contribution in [3.8, 4) is 0 Å². The number of rotatable bonds is 3. The minimum absolute atomic E-state index is 0.209. The molecule has 0 spiro atoms. The number of aromatic nitrogens is 1. The van der Waals surface area contributed by atoms with E-state index < -0.39 is 0 Å². The number of carbonyl (C=O) groups is 1. The lowest BCUT2D eigenvalue weighted by molar-refractivity contribution is 0.0951. The first-order valence-electron chi connectivity index (χ1n) is 5.40. The van der Waals surface area contributed by atoms with E-state index in [2.05, 4.69) is 26.2 Å². The number of amides is 1. The van der Waals surface area contributed by atoms with E-state index in [9.17, 15) is 4.79 Å². The summed E-state index contributed by atoms with van der Waals surface area (Å²) in [5.41, 5.74) is 7.48. The third-order valence-electron chi connectivity index (χ3n) is 2.42. The fourth-order valence-corrected chi connectivity index (χ4v) is 1.85. The highest BCUT2D eigenvalue weighted by Crippen LogP contribution is 2.18. The molecule has 3 N–H and O–H groups in total. The van der Waals surface area contributed by atoms with E-state index in [1.54, 1.807) is 24.4 Å². The third-order valence-corrected chi connectivity index (χ3v) is 2.91. The van der Waals surface area contributed by atoms with Gasteiger partial charge in [-0.15, -0.1) is 0 Å². The molecule has 1 heterocycles. The zero-order valence-corrected chi connectivity index (χ0v) is 11.1. The van der Waals surface area contributed by atoms with Gasteiger partial charge in [0.1, 0.15) is 0 Å². The first-order chi connectivity index (χ1) is 8.66. The number of anilines is 1. The molecule has 0 radical (unpaired) electrons. The van der Waals surface area contributed by atoms with Crippen molar-refractivity contribution in [3.63, 3.8) is 0 Å². The molecule has 1 aromatic heterocycles. The van der Waals surface area contributed by atoms with Gasteiger partial charge in [-0.1, -0.05) is 22.0 Å². The molecule has 0 aliphatic rings. The molecule has 92 valence electrons. The van der Waals surface area contributed by atoms with Crippen LogP contribution in [0, 0.1) is 0 Å². The van der Waals surface area contributed by atoms with Crippen LogP contribution in [0.4, 0.5) is 5.69 Å². The van der Waals surface area contributed by atoms with Crippen molar-refractivity contribution in [1.82, 2.24) is 10.3 Å². The van der Waals surface area contributed by atoms with Crippen LogP contribution in [0.2, 0.25) is 0 Å². The first kappa shape index (κ1) is 12.6. The fraction of sp³-hybridized carbons (Fsp3) is 0.0769. The van der Waals surface area contributed by atoms with E-state index in [1.807, 2.05) is 18.2 Å². The summed E-state index contributed by atoms with van der Waals surface area (Å²) in [5, 5.41) is 2.78. The Morgan fingerprint density at radius 2 is 2.17 bits per heavy atom. The van der Waals surface area contributed by atoms with Crippen molar-refractivity contribution in [1.29, 1.82) is 0 Å². The van der Waals surface area contributed by atoms with Crippen LogP contribution in [0.1, 0.15) is 16.1 Å². The van der Waals surface area contributed by atoms with Crippen LogP contribution in [-0.2, 0) is 6.54 Å². The smallest absolute Gasteiger partial charge is 0.253 e. The molecule has 5 heteroatoms. The van der Waals surface area contributed by atoms with Gasteiger partial charge in [0.05, 0.1) is 17.8 Å². The van der Waals surface area contributed by atoms with Gasteiger partial charge in [0, 0.05) is 16.4 Å². The molecule has 0 saturated heterocycles. The summed E-state index contributed by atoms with van der Waals surface area (Å²) in [5.74, 6) is -0.209. The maximum Gasteiger partial charge on any atom is 0.253 e. The van der Waals surface area contributed by atoms with Gasteiger partial charge in [0.25, 0.3) is 5.91 Å². The summed E-state index contributed by atoms with van der Waals surface area (Å²) in [4.78, 5) is 16.1. The molecular weight excluding hydrogens is 294 g/mol. The van der Waals surface area contributed by atoms with Crippen molar-refractivity contribution in [2.45, 2.75) is 6.54 Å². The molecule has 4 nitrogen and oxygen atoms in total. The molecule has 0 unspecified atom stereocenters. The van der Waals surface area contributed by atoms with Crippen molar-refractivity contribution in [2.75, 3.05) is 5.73 Å². The minimum Gasteiger partial charge on any atom is -0.398 e. The molecule has 0 aliphatic heterocycles. The number of carbonyl (C=O) groups excluding carboxylic acids is 1. The highest BCUT2D eigenvalue weighted by molar-refractivity contribution is 9.10. The molecule has 0 saturated carbocycles. The SMILES string of the molecule is Nc1ccc(Br)cc1C(=O)NCc1ccccn1. The topological polar surface area (TPSA) is 68.0 Å². The van der Waals surface area contributed by atoms with Crippen LogP contribution >= 0.6 is 15.9 Å². The van der Waals surface area contributed by atoms with Crippen LogP contribution < -0.4 is 11.1 Å². The monoisotopic (exact) mass is 305 g/mol. The quantitative estimate of drug-likeness (QED) is 0.855. The second-order valence-corrected chi connectivity index (χ2v) is 4.65. The number of pyridine rings is 1. The Bertz CT molecular complexity index is 557. The predicted octanol–water partition coefficient (Wildman–Crippen LogP) is 2.36. The van der Waals surface area contributed by atoms with Gasteiger partial charge in [0.15, 0.2) is 0 Å². The van der Waals surface area contributed by atoms with Gasteiger partial charge in [-0.2, -0.15) is 0 Å². The van der Waals surface area contributed by atoms with Crippen LogP contribution in [0.25, 0.3) is 0 Å². The highest BCUT2D eigenvalue weighted by atomic mass is 79.9. The van der Waals surface area contributed by atoms with Gasteiger partial charge in [-0.25, -0.2) is 0 Å². The van der Waals surface area contributed by atoms with Crippen LogP contribution in [0.15, 0.2) is 47.1 Å². The Morgan fingerprint density at radius 3 is 2.89 bits per heavy atom. The van der Waals surface area contributed by atoms with Crippen molar-refractivity contribution in [2.24, 2.45) is 0 Å². The molecule has 2 aromatic rings. The lowest BCUT2D eigenvalue weighted by Crippen LogP contribution is -2.24. The van der Waals surface area contributed by atoms with Crippen molar-refractivity contribution >= 4 is 27.5 Å². The maximum atomic E-state index is 12.0. The number of benzene rings is 1. The normalized spacial score (nSPS) is 10.1. The van der Waals surface area contributed by atoms with Crippen LogP contribution in [0.5, 0.6) is 0 Å². The zero-order chi connectivity index (χ0) is 13.0. The first-order valence-corrected chi connectivity index (χ1v) is 6.19. The Hall–Kier alpha value is -1.88. The zero-order valence-electron chi connectivity index (χ0n) is 9.56. The van der Waals surface area contributed by atoms with E-state index in [1.165, 1.54) is 0 Å². The second-order valence-electron chi connectivity index (χ2n) is 3.74. The molecule has 1 amide bonds. The van der Waals surface area contributed by atoms with Crippen molar-refractivity contribution in [3.05, 3.63) is 58.3 Å². The number of nitrogens with two attached hydrogens (primary N) is 1. The van der Waals surface area contributed by atoms with Gasteiger partial charge >= 0.3 is 0 Å². The van der Waals surface area contributed by atoms with Gasteiger partial charge in [-0.05, 0) is 30.3 Å². The average Bonchev–Trinajstić information content (AvgIpc) is 2.40. The average molecular weight is 306 g/mol. The van der Waals surface area contributed by atoms with E-state index in [4.69, 9.17) is 5.73 Å². The van der Waals surface area contributed by atoms with E-state index in [0.29, 0.717) is 17.8 Å². The molecule has 1 aromatic carbocycles. The third kappa shape index (κ3) is 3.07. The molecule has 2 rings (SSSR count). The Balaban J connectivity index is 2.06. The lowest BCUT2D eigenvalue weighted by Gasteiger charge is -2.07. The fourth-order valence-electron chi connectivity index (χ4n) is 1.49. The second kappa shape index (κ2) is 5.64. The van der Waals surface area contributed by atoms with Gasteiger partial charge in [-0.3, -0.25) is 9.78 Å². The number of hydrogen-bond acceptors (Lipinski definition) is 3. The molecule has 18 heavy (non-hydrogen) atoms. The summed E-state index contributed by atoms with van der Waals surface area (Å²) in [6, 6.07) is 10.7. The van der Waals surface area contributed by atoms with Crippen molar-refractivity contribution < 1.29 is 4.79 Å². The van der Waals surface area contributed by atoms with E-state index in [-0.39, 0.29) is 5.91 Å². The number of nitrogen functional groups attached to an aromatic ring is 1. The summed E-state index contributed by atoms with van der Waals surface area (Å²) >= 11 is 3.31. The number of halogens is 1. The summed E-state index contributed by atoms with van der Waals surface area (Å²) < 4.78 is 0.819. The lowest BCUT2D eigenvalue weighted by atomic mass is 10.1. The summed E-state index contributed by atoms with van der Waals surface area (Å²) in [7, 11) is 0. The largest absolute Gasteiger partial charge is 0.398 e. The molecule has 0 atom stereocenters. The Labute approximate surface area is 113 Å². The Kier molecular flexibility index (Phi) is 3.94. The van der Waals surface area contributed by atoms with Crippen LogP contribution in [0.3, 0.4) is 0 Å².